The number of likely N-dealkylation sites (N-methyl/N-ethyl adjacent to an activating group) is 1. The number of benzene rings is 2. The van der Waals surface area contributed by atoms with E-state index < -0.39 is 11.6 Å². The van der Waals surface area contributed by atoms with Crippen LogP contribution in [0.25, 0.3) is 22.3 Å². The van der Waals surface area contributed by atoms with Crippen molar-refractivity contribution in [2.45, 2.75) is 6.54 Å². The molecular weight excluding hydrogens is 412 g/mol. The number of nitrogen functional groups attached to an aromatic ring is 1. The number of fused-ring (bicyclic) bond motifs is 1. The zero-order chi connectivity index (χ0) is 22.2. The van der Waals surface area contributed by atoms with Gasteiger partial charge in [0, 0.05) is 31.7 Å². The molecule has 2 aromatic heterocycles. The Morgan fingerprint density at radius 2 is 1.72 bits per heavy atom. The summed E-state index contributed by atoms with van der Waals surface area (Å²) in [5.41, 5.74) is 8.11. The highest BCUT2D eigenvalue weighted by molar-refractivity contribution is 5.99. The highest BCUT2D eigenvalue weighted by atomic mass is 19.1. The Kier molecular flexibility index (Phi) is 5.18. The van der Waals surface area contributed by atoms with Gasteiger partial charge in [-0.3, -0.25) is 0 Å². The molecular formula is C23H23F2N7. The lowest BCUT2D eigenvalue weighted by molar-refractivity contribution is 0.311. The number of piperazine rings is 1. The Hall–Kier alpha value is -3.59. The van der Waals surface area contributed by atoms with E-state index in [0.717, 1.165) is 49.9 Å². The van der Waals surface area contributed by atoms with Gasteiger partial charge in [-0.25, -0.2) is 18.4 Å². The predicted molar refractivity (Wildman–Crippen MR) is 120 cm³/mol. The van der Waals surface area contributed by atoms with Crippen LogP contribution in [0.2, 0.25) is 0 Å². The van der Waals surface area contributed by atoms with Crippen LogP contribution in [-0.4, -0.2) is 57.9 Å². The van der Waals surface area contributed by atoms with Crippen LogP contribution in [0.1, 0.15) is 5.56 Å². The van der Waals surface area contributed by atoms with E-state index in [-0.39, 0.29) is 11.3 Å². The van der Waals surface area contributed by atoms with Gasteiger partial charge in [0.25, 0.3) is 0 Å². The van der Waals surface area contributed by atoms with Gasteiger partial charge in [-0.1, -0.05) is 30.3 Å². The third-order valence-corrected chi connectivity index (χ3v) is 5.77. The monoisotopic (exact) mass is 435 g/mol. The number of rotatable bonds is 4. The summed E-state index contributed by atoms with van der Waals surface area (Å²) in [7, 11) is 2.06. The molecule has 164 valence electrons. The minimum Gasteiger partial charge on any atom is -0.383 e. The molecule has 1 fully saturated rings. The number of nitrogens with two attached hydrogens (primary N) is 1. The van der Waals surface area contributed by atoms with Crippen molar-refractivity contribution in [1.82, 2.24) is 24.6 Å². The summed E-state index contributed by atoms with van der Waals surface area (Å²) < 4.78 is 30.5. The summed E-state index contributed by atoms with van der Waals surface area (Å²) in [4.78, 5) is 13.6. The normalized spacial score (nSPS) is 14.9. The molecule has 32 heavy (non-hydrogen) atoms. The first kappa shape index (κ1) is 20.3. The molecule has 2 aromatic carbocycles. The average Bonchev–Trinajstić information content (AvgIpc) is 3.11. The fourth-order valence-electron chi connectivity index (χ4n) is 3.94. The van der Waals surface area contributed by atoms with Gasteiger partial charge in [-0.05, 0) is 30.8 Å². The first-order valence-corrected chi connectivity index (χ1v) is 10.5. The van der Waals surface area contributed by atoms with E-state index in [1.807, 2.05) is 35.2 Å². The molecule has 0 unspecified atom stereocenters. The number of hydrogen-bond donors (Lipinski definition) is 1. The molecule has 0 atom stereocenters. The van der Waals surface area contributed by atoms with Crippen molar-refractivity contribution in [2.75, 3.05) is 43.9 Å². The number of hydrogen-bond acceptors (Lipinski definition) is 6. The van der Waals surface area contributed by atoms with Crippen LogP contribution in [0.4, 0.5) is 20.5 Å². The molecule has 0 radical (unpaired) electrons. The van der Waals surface area contributed by atoms with Crippen molar-refractivity contribution in [1.29, 1.82) is 0 Å². The topological polar surface area (TPSA) is 76.1 Å². The number of halogens is 2. The summed E-state index contributed by atoms with van der Waals surface area (Å²) in [5, 5.41) is 5.02. The number of aromatic nitrogens is 4. The minimum absolute atomic E-state index is 0.0405. The van der Waals surface area contributed by atoms with Crippen molar-refractivity contribution < 1.29 is 8.78 Å². The quantitative estimate of drug-likeness (QED) is 0.531. The molecule has 4 aromatic rings. The van der Waals surface area contributed by atoms with Gasteiger partial charge in [0.1, 0.15) is 17.5 Å². The number of nitrogens with zero attached hydrogens (tertiary/aromatic N) is 6. The second-order valence-electron chi connectivity index (χ2n) is 8.01. The van der Waals surface area contributed by atoms with E-state index >= 15 is 0 Å². The van der Waals surface area contributed by atoms with Gasteiger partial charge in [-0.2, -0.15) is 4.98 Å². The van der Waals surface area contributed by atoms with E-state index in [9.17, 15) is 8.78 Å². The summed E-state index contributed by atoms with van der Waals surface area (Å²) >= 11 is 0. The maximum absolute atomic E-state index is 14.8. The standard InChI is InChI=1S/C23H23F2N7/c1-30-9-11-31(12-10-30)23-27-20(17-13-16(24)7-8-18(17)25)19-21(26)32(29-22(19)28-23)14-15-5-3-2-4-6-15/h2-8,13H,9-12,14,26H2,1H3. The second-order valence-corrected chi connectivity index (χ2v) is 8.01. The van der Waals surface area contributed by atoms with Crippen molar-refractivity contribution in [3.63, 3.8) is 0 Å². The van der Waals surface area contributed by atoms with Gasteiger partial charge in [0.15, 0.2) is 5.65 Å². The number of anilines is 2. The summed E-state index contributed by atoms with van der Waals surface area (Å²) in [6.45, 7) is 3.60. The third-order valence-electron chi connectivity index (χ3n) is 5.77. The lowest BCUT2D eigenvalue weighted by Crippen LogP contribution is -2.45. The van der Waals surface area contributed by atoms with E-state index in [4.69, 9.17) is 5.73 Å². The van der Waals surface area contributed by atoms with Crippen LogP contribution in [-0.2, 0) is 6.54 Å². The summed E-state index contributed by atoms with van der Waals surface area (Å²) in [6, 6.07) is 13.1. The molecule has 9 heteroatoms. The first-order valence-electron chi connectivity index (χ1n) is 10.5. The summed E-state index contributed by atoms with van der Waals surface area (Å²) in [5.74, 6) is -0.378. The molecule has 0 amide bonds. The van der Waals surface area contributed by atoms with Gasteiger partial charge < -0.3 is 15.5 Å². The Labute approximate surface area is 184 Å². The predicted octanol–water partition coefficient (Wildman–Crippen LogP) is 3.15. The molecule has 0 aliphatic carbocycles. The third kappa shape index (κ3) is 3.75. The fraction of sp³-hybridized carbons (Fsp3) is 0.261. The van der Waals surface area contributed by atoms with E-state index in [1.165, 1.54) is 0 Å². The second kappa shape index (κ2) is 8.16. The molecule has 1 aliphatic heterocycles. The fourth-order valence-corrected chi connectivity index (χ4v) is 3.94. The summed E-state index contributed by atoms with van der Waals surface area (Å²) in [6.07, 6.45) is 0. The minimum atomic E-state index is -0.578. The van der Waals surface area contributed by atoms with Crippen molar-refractivity contribution >= 4 is 22.8 Å². The Morgan fingerprint density at radius 3 is 2.47 bits per heavy atom. The van der Waals surface area contributed by atoms with E-state index in [1.54, 1.807) is 4.68 Å². The zero-order valence-electron chi connectivity index (χ0n) is 17.7. The molecule has 0 spiro atoms. The van der Waals surface area contributed by atoms with E-state index in [0.29, 0.717) is 29.3 Å². The molecule has 2 N–H and O–H groups in total. The van der Waals surface area contributed by atoms with Crippen LogP contribution in [0.15, 0.2) is 48.5 Å². The Balaban J connectivity index is 1.68. The van der Waals surface area contributed by atoms with Gasteiger partial charge in [0.05, 0.1) is 17.6 Å². The lowest BCUT2D eigenvalue weighted by atomic mass is 10.1. The molecule has 5 rings (SSSR count). The van der Waals surface area contributed by atoms with Crippen molar-refractivity contribution in [2.24, 2.45) is 0 Å². The Morgan fingerprint density at radius 1 is 0.969 bits per heavy atom. The van der Waals surface area contributed by atoms with Crippen molar-refractivity contribution in [3.8, 4) is 11.3 Å². The van der Waals surface area contributed by atoms with Crippen molar-refractivity contribution in [3.05, 3.63) is 65.7 Å². The lowest BCUT2D eigenvalue weighted by Gasteiger charge is -2.32. The SMILES string of the molecule is CN1CCN(c2nc(-c3cc(F)ccc3F)c3c(N)n(Cc4ccccc4)nc3n2)CC1. The van der Waals surface area contributed by atoms with Gasteiger partial charge >= 0.3 is 0 Å². The van der Waals surface area contributed by atoms with Crippen LogP contribution in [0.5, 0.6) is 0 Å². The largest absolute Gasteiger partial charge is 0.383 e. The van der Waals surface area contributed by atoms with Crippen LogP contribution in [0, 0.1) is 11.6 Å². The zero-order valence-corrected chi connectivity index (χ0v) is 17.7. The molecule has 3 heterocycles. The van der Waals surface area contributed by atoms with Crippen LogP contribution < -0.4 is 10.6 Å². The maximum atomic E-state index is 14.8. The molecule has 1 saturated heterocycles. The molecule has 1 aliphatic rings. The van der Waals surface area contributed by atoms with E-state index in [2.05, 4.69) is 27.0 Å². The average molecular weight is 435 g/mol. The first-order chi connectivity index (χ1) is 15.5. The molecule has 7 nitrogen and oxygen atoms in total. The molecule has 0 bridgehead atoms. The maximum Gasteiger partial charge on any atom is 0.228 e. The highest BCUT2D eigenvalue weighted by Crippen LogP contribution is 2.34. The highest BCUT2D eigenvalue weighted by Gasteiger charge is 2.24. The van der Waals surface area contributed by atoms with Crippen LogP contribution in [0.3, 0.4) is 0 Å². The van der Waals surface area contributed by atoms with Crippen LogP contribution >= 0.6 is 0 Å². The van der Waals surface area contributed by atoms with Gasteiger partial charge in [0.2, 0.25) is 5.95 Å². The Bertz CT molecular complexity index is 1260. The van der Waals surface area contributed by atoms with Gasteiger partial charge in [-0.15, -0.1) is 5.10 Å². The smallest absolute Gasteiger partial charge is 0.228 e. The molecule has 0 saturated carbocycles.